The summed E-state index contributed by atoms with van der Waals surface area (Å²) < 4.78 is 5.75. The fraction of sp³-hybridized carbons (Fsp3) is 0.929. The second-order valence-electron chi connectivity index (χ2n) is 5.19. The molecule has 0 spiro atoms. The highest BCUT2D eigenvalue weighted by Crippen LogP contribution is 2.16. The van der Waals surface area contributed by atoms with E-state index in [1.165, 1.54) is 0 Å². The van der Waals surface area contributed by atoms with Gasteiger partial charge in [0, 0.05) is 26.1 Å². The van der Waals surface area contributed by atoms with Gasteiger partial charge in [0.1, 0.15) is 0 Å². The molecular weight excluding hydrogens is 228 g/mol. The first kappa shape index (κ1) is 15.4. The molecule has 4 heteroatoms. The van der Waals surface area contributed by atoms with Crippen LogP contribution in [0.25, 0.3) is 0 Å². The van der Waals surface area contributed by atoms with Crippen molar-refractivity contribution in [1.29, 1.82) is 0 Å². The molecule has 0 bridgehead atoms. The summed E-state index contributed by atoms with van der Waals surface area (Å²) in [5.74, 6) is 0.575. The molecule has 0 aromatic heterocycles. The number of ether oxygens (including phenoxy) is 1. The number of amides is 1. The first-order chi connectivity index (χ1) is 8.71. The summed E-state index contributed by atoms with van der Waals surface area (Å²) in [7, 11) is 0. The SMILES string of the molecule is CCCOC1CCCN(C(=O)CC(CC)CN)C1. The van der Waals surface area contributed by atoms with Crippen LogP contribution in [0.1, 0.15) is 46.0 Å². The first-order valence-corrected chi connectivity index (χ1v) is 7.30. The molecule has 1 amide bonds. The molecule has 4 nitrogen and oxygen atoms in total. The number of nitrogens with zero attached hydrogens (tertiary/aromatic N) is 1. The Labute approximate surface area is 111 Å². The first-order valence-electron chi connectivity index (χ1n) is 7.30. The van der Waals surface area contributed by atoms with Gasteiger partial charge in [0.2, 0.25) is 5.91 Å². The van der Waals surface area contributed by atoms with E-state index in [1.54, 1.807) is 0 Å². The van der Waals surface area contributed by atoms with Crippen molar-refractivity contribution < 1.29 is 9.53 Å². The lowest BCUT2D eigenvalue weighted by atomic mass is 10.0. The monoisotopic (exact) mass is 256 g/mol. The minimum Gasteiger partial charge on any atom is -0.376 e. The molecular formula is C14H28N2O2. The van der Waals surface area contributed by atoms with E-state index in [9.17, 15) is 4.79 Å². The third kappa shape index (κ3) is 4.94. The average Bonchev–Trinajstić information content (AvgIpc) is 2.42. The fourth-order valence-electron chi connectivity index (χ4n) is 2.36. The summed E-state index contributed by atoms with van der Waals surface area (Å²) in [5.41, 5.74) is 5.66. The largest absolute Gasteiger partial charge is 0.376 e. The Morgan fingerprint density at radius 2 is 2.28 bits per heavy atom. The van der Waals surface area contributed by atoms with Crippen molar-refractivity contribution in [2.75, 3.05) is 26.2 Å². The molecule has 0 aliphatic carbocycles. The molecule has 0 aromatic rings. The third-order valence-corrected chi connectivity index (χ3v) is 3.66. The van der Waals surface area contributed by atoms with Gasteiger partial charge in [-0.2, -0.15) is 0 Å². The third-order valence-electron chi connectivity index (χ3n) is 3.66. The number of hydrogen-bond acceptors (Lipinski definition) is 3. The van der Waals surface area contributed by atoms with E-state index in [2.05, 4.69) is 13.8 Å². The lowest BCUT2D eigenvalue weighted by Gasteiger charge is -2.33. The molecule has 0 aromatic carbocycles. The van der Waals surface area contributed by atoms with Gasteiger partial charge in [0.15, 0.2) is 0 Å². The van der Waals surface area contributed by atoms with Crippen LogP contribution in [-0.4, -0.2) is 43.2 Å². The number of carbonyl (C=O) groups is 1. The van der Waals surface area contributed by atoms with Crippen LogP contribution in [0.15, 0.2) is 0 Å². The summed E-state index contributed by atoms with van der Waals surface area (Å²) in [6.45, 7) is 7.25. The predicted octanol–water partition coefficient (Wildman–Crippen LogP) is 1.78. The van der Waals surface area contributed by atoms with Gasteiger partial charge in [-0.15, -0.1) is 0 Å². The van der Waals surface area contributed by atoms with Crippen molar-refractivity contribution in [2.45, 2.75) is 52.1 Å². The van der Waals surface area contributed by atoms with Crippen LogP contribution in [0, 0.1) is 5.92 Å². The van der Waals surface area contributed by atoms with E-state index in [0.717, 1.165) is 45.4 Å². The van der Waals surface area contributed by atoms with Crippen molar-refractivity contribution in [3.05, 3.63) is 0 Å². The van der Waals surface area contributed by atoms with Gasteiger partial charge in [-0.3, -0.25) is 4.79 Å². The van der Waals surface area contributed by atoms with Gasteiger partial charge in [-0.05, 0) is 31.7 Å². The van der Waals surface area contributed by atoms with E-state index in [4.69, 9.17) is 10.5 Å². The number of nitrogens with two attached hydrogens (primary N) is 1. The molecule has 1 aliphatic heterocycles. The fourth-order valence-corrected chi connectivity index (χ4v) is 2.36. The Balaban J connectivity index is 2.37. The highest BCUT2D eigenvalue weighted by molar-refractivity contribution is 5.76. The average molecular weight is 256 g/mol. The minimum absolute atomic E-state index is 0.237. The highest BCUT2D eigenvalue weighted by Gasteiger charge is 2.25. The summed E-state index contributed by atoms with van der Waals surface area (Å²) in [5, 5.41) is 0. The van der Waals surface area contributed by atoms with E-state index < -0.39 is 0 Å². The molecule has 18 heavy (non-hydrogen) atoms. The normalized spacial score (nSPS) is 21.9. The van der Waals surface area contributed by atoms with E-state index in [1.807, 2.05) is 4.90 Å². The topological polar surface area (TPSA) is 55.6 Å². The molecule has 0 saturated carbocycles. The van der Waals surface area contributed by atoms with Crippen molar-refractivity contribution in [1.82, 2.24) is 4.90 Å². The van der Waals surface area contributed by atoms with Crippen LogP contribution in [-0.2, 0) is 9.53 Å². The van der Waals surface area contributed by atoms with Gasteiger partial charge in [0.05, 0.1) is 6.10 Å². The molecule has 2 N–H and O–H groups in total. The Bertz CT molecular complexity index is 242. The highest BCUT2D eigenvalue weighted by atomic mass is 16.5. The van der Waals surface area contributed by atoms with Crippen molar-refractivity contribution in [2.24, 2.45) is 11.7 Å². The van der Waals surface area contributed by atoms with Crippen molar-refractivity contribution in [3.8, 4) is 0 Å². The van der Waals surface area contributed by atoms with E-state index in [-0.39, 0.29) is 12.0 Å². The van der Waals surface area contributed by atoms with Gasteiger partial charge >= 0.3 is 0 Å². The summed E-state index contributed by atoms with van der Waals surface area (Å²) >= 11 is 0. The van der Waals surface area contributed by atoms with Crippen molar-refractivity contribution in [3.63, 3.8) is 0 Å². The van der Waals surface area contributed by atoms with Gasteiger partial charge in [-0.1, -0.05) is 20.3 Å². The van der Waals surface area contributed by atoms with Gasteiger partial charge in [-0.25, -0.2) is 0 Å². The van der Waals surface area contributed by atoms with Crippen LogP contribution in [0.4, 0.5) is 0 Å². The number of hydrogen-bond donors (Lipinski definition) is 1. The van der Waals surface area contributed by atoms with Crippen LogP contribution < -0.4 is 5.73 Å². The lowest BCUT2D eigenvalue weighted by molar-refractivity contribution is -0.136. The molecule has 0 radical (unpaired) electrons. The lowest BCUT2D eigenvalue weighted by Crippen LogP contribution is -2.44. The maximum Gasteiger partial charge on any atom is 0.222 e. The molecule has 1 aliphatic rings. The van der Waals surface area contributed by atoms with Gasteiger partial charge in [0.25, 0.3) is 0 Å². The molecule has 1 fully saturated rings. The minimum atomic E-state index is 0.237. The van der Waals surface area contributed by atoms with Crippen LogP contribution in [0.3, 0.4) is 0 Å². The number of rotatable bonds is 7. The Morgan fingerprint density at radius 3 is 2.89 bits per heavy atom. The molecule has 2 atom stereocenters. The summed E-state index contributed by atoms with van der Waals surface area (Å²) in [4.78, 5) is 14.1. The summed E-state index contributed by atoms with van der Waals surface area (Å²) in [6, 6.07) is 0. The molecule has 1 saturated heterocycles. The maximum atomic E-state index is 12.2. The predicted molar refractivity (Wildman–Crippen MR) is 73.3 cm³/mol. The molecule has 2 unspecified atom stereocenters. The van der Waals surface area contributed by atoms with Crippen LogP contribution in [0.2, 0.25) is 0 Å². The smallest absolute Gasteiger partial charge is 0.222 e. The maximum absolute atomic E-state index is 12.2. The second-order valence-corrected chi connectivity index (χ2v) is 5.19. The number of carbonyl (C=O) groups excluding carboxylic acids is 1. The van der Waals surface area contributed by atoms with Crippen LogP contribution in [0.5, 0.6) is 0 Å². The van der Waals surface area contributed by atoms with Gasteiger partial charge < -0.3 is 15.4 Å². The number of likely N-dealkylation sites (tertiary alicyclic amines) is 1. The van der Waals surface area contributed by atoms with E-state index in [0.29, 0.717) is 18.9 Å². The molecule has 1 heterocycles. The zero-order chi connectivity index (χ0) is 13.4. The quantitative estimate of drug-likeness (QED) is 0.755. The number of piperidine rings is 1. The zero-order valence-electron chi connectivity index (χ0n) is 11.9. The Morgan fingerprint density at radius 1 is 1.50 bits per heavy atom. The van der Waals surface area contributed by atoms with Crippen LogP contribution >= 0.6 is 0 Å². The second kappa shape index (κ2) is 8.48. The molecule has 1 rings (SSSR count). The molecule has 106 valence electrons. The van der Waals surface area contributed by atoms with Crippen molar-refractivity contribution >= 4 is 5.91 Å². The summed E-state index contributed by atoms with van der Waals surface area (Å²) in [6.07, 6.45) is 4.98. The standard InChI is InChI=1S/C14H28N2O2/c1-3-8-18-13-6-5-7-16(11-13)14(17)9-12(4-2)10-15/h12-13H,3-11,15H2,1-2H3. The Kier molecular flexibility index (Phi) is 7.28. The van der Waals surface area contributed by atoms with E-state index >= 15 is 0 Å². The zero-order valence-corrected chi connectivity index (χ0v) is 11.9. The Hall–Kier alpha value is -0.610.